The molecule has 2 N–H and O–H groups in total. The second kappa shape index (κ2) is 9.09. The van der Waals surface area contributed by atoms with Gasteiger partial charge in [0.2, 0.25) is 5.95 Å². The van der Waals surface area contributed by atoms with Crippen LogP contribution in [0.4, 0.5) is 5.95 Å². The molecule has 8 heteroatoms. The molecule has 31 heavy (non-hydrogen) atoms. The third-order valence-electron chi connectivity index (χ3n) is 5.20. The highest BCUT2D eigenvalue weighted by Crippen LogP contribution is 2.36. The molecule has 3 aromatic rings. The fraction of sp³-hybridized carbons (Fsp3) is 0.304. The zero-order valence-corrected chi connectivity index (χ0v) is 17.8. The summed E-state index contributed by atoms with van der Waals surface area (Å²) in [5.41, 5.74) is 2.86. The van der Waals surface area contributed by atoms with Gasteiger partial charge in [0, 0.05) is 24.3 Å². The van der Waals surface area contributed by atoms with E-state index in [9.17, 15) is 5.11 Å². The van der Waals surface area contributed by atoms with Crippen molar-refractivity contribution in [1.82, 2.24) is 14.8 Å². The smallest absolute Gasteiger partial charge is 0.226 e. The number of aryl methyl sites for hydroxylation is 1. The van der Waals surface area contributed by atoms with Gasteiger partial charge in [-0.2, -0.15) is 10.1 Å². The molecule has 0 fully saturated rings. The number of hydrogen-bond donors (Lipinski definition) is 2. The maximum atomic E-state index is 9.18. The third-order valence-corrected chi connectivity index (χ3v) is 5.20. The molecule has 0 aliphatic carbocycles. The van der Waals surface area contributed by atoms with Gasteiger partial charge in [-0.1, -0.05) is 12.1 Å². The Morgan fingerprint density at radius 2 is 1.87 bits per heavy atom. The predicted octanol–water partition coefficient (Wildman–Crippen LogP) is 3.28. The molecular formula is C23H26N4O4. The monoisotopic (exact) mass is 422 g/mol. The van der Waals surface area contributed by atoms with Gasteiger partial charge in [0.25, 0.3) is 0 Å². The van der Waals surface area contributed by atoms with E-state index in [4.69, 9.17) is 19.3 Å². The number of methoxy groups -OCH3 is 3. The number of anilines is 1. The highest BCUT2D eigenvalue weighted by Gasteiger charge is 2.26. The summed E-state index contributed by atoms with van der Waals surface area (Å²) >= 11 is 0. The van der Waals surface area contributed by atoms with Crippen LogP contribution in [-0.4, -0.2) is 47.8 Å². The zero-order chi connectivity index (χ0) is 21.8. The molecule has 1 aliphatic rings. The SMILES string of the molecule is COc1cccc(C2C=C(c3ccc(OC)c(OC)c3)Nc3nc(CCCO)nn32)c1. The molecule has 2 heterocycles. The van der Waals surface area contributed by atoms with Crippen molar-refractivity contribution < 1.29 is 19.3 Å². The van der Waals surface area contributed by atoms with E-state index in [0.717, 1.165) is 22.6 Å². The second-order valence-corrected chi connectivity index (χ2v) is 7.12. The lowest BCUT2D eigenvalue weighted by molar-refractivity contribution is 0.287. The molecule has 0 saturated carbocycles. The number of aliphatic hydroxyl groups excluding tert-OH is 1. The van der Waals surface area contributed by atoms with E-state index in [1.165, 1.54) is 0 Å². The van der Waals surface area contributed by atoms with Crippen LogP contribution >= 0.6 is 0 Å². The number of aromatic nitrogens is 3. The summed E-state index contributed by atoms with van der Waals surface area (Å²) in [6, 6.07) is 13.5. The third kappa shape index (κ3) is 4.20. The molecule has 1 aromatic heterocycles. The summed E-state index contributed by atoms with van der Waals surface area (Å²) < 4.78 is 18.1. The minimum atomic E-state index is -0.176. The first-order chi connectivity index (χ1) is 15.2. The molecule has 0 saturated heterocycles. The van der Waals surface area contributed by atoms with Gasteiger partial charge in [0.1, 0.15) is 11.8 Å². The van der Waals surface area contributed by atoms with Crippen molar-refractivity contribution in [3.8, 4) is 17.2 Å². The molecule has 162 valence electrons. The van der Waals surface area contributed by atoms with Gasteiger partial charge in [0.05, 0.1) is 21.3 Å². The van der Waals surface area contributed by atoms with Crippen LogP contribution < -0.4 is 19.5 Å². The van der Waals surface area contributed by atoms with Crippen LogP contribution in [0.1, 0.15) is 29.4 Å². The Balaban J connectivity index is 1.78. The molecule has 4 rings (SSSR count). The summed E-state index contributed by atoms with van der Waals surface area (Å²) in [5, 5.41) is 17.3. The highest BCUT2D eigenvalue weighted by molar-refractivity contribution is 5.78. The Bertz CT molecular complexity index is 1090. The van der Waals surface area contributed by atoms with Gasteiger partial charge in [-0.25, -0.2) is 4.68 Å². The van der Waals surface area contributed by atoms with E-state index < -0.39 is 0 Å². The largest absolute Gasteiger partial charge is 0.497 e. The normalized spacial score (nSPS) is 15.0. The number of rotatable bonds is 8. The van der Waals surface area contributed by atoms with Gasteiger partial charge in [-0.15, -0.1) is 0 Å². The topological polar surface area (TPSA) is 90.7 Å². The van der Waals surface area contributed by atoms with E-state index in [2.05, 4.69) is 16.4 Å². The van der Waals surface area contributed by atoms with Crippen LogP contribution in [0.25, 0.3) is 5.70 Å². The van der Waals surface area contributed by atoms with Crippen molar-refractivity contribution in [3.63, 3.8) is 0 Å². The number of nitrogens with one attached hydrogen (secondary N) is 1. The van der Waals surface area contributed by atoms with E-state index in [0.29, 0.717) is 36.1 Å². The lowest BCUT2D eigenvalue weighted by Gasteiger charge is -2.25. The van der Waals surface area contributed by atoms with E-state index in [1.807, 2.05) is 47.1 Å². The number of hydrogen-bond acceptors (Lipinski definition) is 7. The summed E-state index contributed by atoms with van der Waals surface area (Å²) in [5.74, 6) is 3.43. The Morgan fingerprint density at radius 1 is 1.03 bits per heavy atom. The Kier molecular flexibility index (Phi) is 6.08. The van der Waals surface area contributed by atoms with Crippen LogP contribution in [0.5, 0.6) is 17.2 Å². The molecule has 1 aliphatic heterocycles. The number of nitrogens with zero attached hydrogens (tertiary/aromatic N) is 3. The van der Waals surface area contributed by atoms with Gasteiger partial charge in [-0.3, -0.25) is 0 Å². The van der Waals surface area contributed by atoms with E-state index >= 15 is 0 Å². The quantitative estimate of drug-likeness (QED) is 0.576. The second-order valence-electron chi connectivity index (χ2n) is 7.12. The van der Waals surface area contributed by atoms with E-state index in [-0.39, 0.29) is 12.6 Å². The van der Waals surface area contributed by atoms with Crippen molar-refractivity contribution in [2.75, 3.05) is 33.3 Å². The Labute approximate surface area is 181 Å². The van der Waals surface area contributed by atoms with Crippen LogP contribution in [0, 0.1) is 0 Å². The maximum Gasteiger partial charge on any atom is 0.226 e. The number of allylic oxidation sites excluding steroid dienone is 1. The average Bonchev–Trinajstić information content (AvgIpc) is 3.24. The van der Waals surface area contributed by atoms with Crippen LogP contribution in [0.15, 0.2) is 48.5 Å². The summed E-state index contributed by atoms with van der Waals surface area (Å²) in [6.07, 6.45) is 3.32. The minimum absolute atomic E-state index is 0.103. The van der Waals surface area contributed by atoms with Crippen molar-refractivity contribution in [2.24, 2.45) is 0 Å². The molecule has 0 bridgehead atoms. The molecule has 0 radical (unpaired) electrons. The zero-order valence-electron chi connectivity index (χ0n) is 17.8. The number of ether oxygens (including phenoxy) is 3. The van der Waals surface area contributed by atoms with Crippen molar-refractivity contribution in [1.29, 1.82) is 0 Å². The van der Waals surface area contributed by atoms with Gasteiger partial charge in [-0.05, 0) is 48.4 Å². The maximum absolute atomic E-state index is 9.18. The average molecular weight is 422 g/mol. The van der Waals surface area contributed by atoms with Crippen molar-refractivity contribution in [3.05, 3.63) is 65.5 Å². The summed E-state index contributed by atoms with van der Waals surface area (Å²) in [4.78, 5) is 4.66. The van der Waals surface area contributed by atoms with Crippen molar-refractivity contribution in [2.45, 2.75) is 18.9 Å². The van der Waals surface area contributed by atoms with Gasteiger partial charge in [0.15, 0.2) is 17.3 Å². The van der Waals surface area contributed by atoms with Crippen LogP contribution in [0.3, 0.4) is 0 Å². The fourth-order valence-electron chi connectivity index (χ4n) is 3.62. The van der Waals surface area contributed by atoms with Gasteiger partial charge >= 0.3 is 0 Å². The summed E-state index contributed by atoms with van der Waals surface area (Å²) in [7, 11) is 4.89. The lowest BCUT2D eigenvalue weighted by Crippen LogP contribution is -2.20. The molecule has 8 nitrogen and oxygen atoms in total. The minimum Gasteiger partial charge on any atom is -0.497 e. The Morgan fingerprint density at radius 3 is 2.61 bits per heavy atom. The van der Waals surface area contributed by atoms with Gasteiger partial charge < -0.3 is 24.6 Å². The molecular weight excluding hydrogens is 396 g/mol. The fourth-order valence-corrected chi connectivity index (χ4v) is 3.62. The number of benzene rings is 2. The molecule has 1 atom stereocenters. The lowest BCUT2D eigenvalue weighted by atomic mass is 10.0. The first-order valence-electron chi connectivity index (χ1n) is 10.1. The summed E-state index contributed by atoms with van der Waals surface area (Å²) in [6.45, 7) is 0.103. The number of fused-ring (bicyclic) bond motifs is 1. The molecule has 0 amide bonds. The predicted molar refractivity (Wildman–Crippen MR) is 118 cm³/mol. The van der Waals surface area contributed by atoms with E-state index in [1.54, 1.807) is 21.3 Å². The Hall–Kier alpha value is -3.52. The first kappa shape index (κ1) is 20.7. The molecule has 0 spiro atoms. The highest BCUT2D eigenvalue weighted by atomic mass is 16.5. The van der Waals surface area contributed by atoms with Crippen LogP contribution in [-0.2, 0) is 6.42 Å². The standard InChI is InChI=1S/C23H26N4O4/c1-29-17-7-4-6-16(12-17)19-14-18(15-9-10-20(30-2)21(13-15)31-3)24-23-25-22(8-5-11-28)26-27(19)23/h4,6-7,9-10,12-14,19,28H,5,8,11H2,1-3H3,(H,24,25,26). The van der Waals surface area contributed by atoms with Crippen LogP contribution in [0.2, 0.25) is 0 Å². The first-order valence-corrected chi connectivity index (χ1v) is 10.1. The molecule has 2 aromatic carbocycles. The number of aliphatic hydroxyl groups is 1. The molecule has 1 unspecified atom stereocenters. The van der Waals surface area contributed by atoms with Crippen molar-refractivity contribution >= 4 is 11.6 Å².